The predicted octanol–water partition coefficient (Wildman–Crippen LogP) is 4.61. The molecule has 1 aromatic carbocycles. The van der Waals surface area contributed by atoms with Gasteiger partial charge < -0.3 is 9.47 Å². The zero-order valence-corrected chi connectivity index (χ0v) is 14.7. The van der Waals surface area contributed by atoms with Crippen LogP contribution in [0.1, 0.15) is 25.0 Å². The molecule has 0 aromatic heterocycles. The first kappa shape index (κ1) is 18.2. The third kappa shape index (κ3) is 4.25. The molecule has 0 unspecified atom stereocenters. The van der Waals surface area contributed by atoms with Crippen LogP contribution in [-0.2, 0) is 27.5 Å². The van der Waals surface area contributed by atoms with E-state index in [1.54, 1.807) is 25.3 Å². The number of hydrogen-bond acceptors (Lipinski definition) is 3. The van der Waals surface area contributed by atoms with Crippen molar-refractivity contribution in [3.63, 3.8) is 0 Å². The molecule has 1 fully saturated rings. The van der Waals surface area contributed by atoms with Gasteiger partial charge in [-0.15, -0.1) is 0 Å². The Morgan fingerprint density at radius 2 is 2.04 bits per heavy atom. The van der Waals surface area contributed by atoms with Gasteiger partial charge in [0.1, 0.15) is 16.9 Å². The largest absolute Gasteiger partial charge is 0.460 e. The molecule has 0 bridgehead atoms. The van der Waals surface area contributed by atoms with E-state index in [4.69, 9.17) is 32.7 Å². The molecule has 0 spiro atoms. The number of allylic oxidation sites excluding steroid dienone is 1. The Kier molecular flexibility index (Phi) is 5.71. The van der Waals surface area contributed by atoms with E-state index in [-0.39, 0.29) is 34.3 Å². The van der Waals surface area contributed by atoms with Crippen molar-refractivity contribution < 1.29 is 18.7 Å². The Hall–Kier alpha value is -1.10. The van der Waals surface area contributed by atoms with Crippen LogP contribution in [0.15, 0.2) is 28.8 Å². The molecule has 0 N–H and O–H groups in total. The first-order valence-corrected chi connectivity index (χ1v) is 7.98. The average Bonchev–Trinajstić information content (AvgIpc) is 2.98. The zero-order chi connectivity index (χ0) is 17.2. The second-order valence-electron chi connectivity index (χ2n) is 6.25. The number of benzene rings is 1. The van der Waals surface area contributed by atoms with Gasteiger partial charge in [-0.3, -0.25) is 4.79 Å². The molecule has 0 saturated heterocycles. The van der Waals surface area contributed by atoms with E-state index < -0.39 is 5.82 Å². The summed E-state index contributed by atoms with van der Waals surface area (Å²) in [5, 5.41) is 0. The molecule has 2 rings (SSSR count). The number of carbonyl (C=O) groups is 1. The number of carbonyl (C=O) groups excluding carboxylic acids is 1. The van der Waals surface area contributed by atoms with Crippen molar-refractivity contribution in [2.75, 3.05) is 7.11 Å². The normalized spacial score (nSPS) is 21.7. The molecule has 0 amide bonds. The Bertz CT molecular complexity index is 624. The quantitative estimate of drug-likeness (QED) is 0.695. The van der Waals surface area contributed by atoms with Gasteiger partial charge in [-0.25, -0.2) is 4.39 Å². The third-order valence-electron chi connectivity index (χ3n) is 4.27. The minimum atomic E-state index is -0.414. The van der Waals surface area contributed by atoms with E-state index in [1.165, 1.54) is 6.07 Å². The highest BCUT2D eigenvalue weighted by Gasteiger charge is 2.61. The van der Waals surface area contributed by atoms with Crippen LogP contribution < -0.4 is 0 Å². The van der Waals surface area contributed by atoms with Gasteiger partial charge in [0.15, 0.2) is 0 Å². The van der Waals surface area contributed by atoms with Crippen molar-refractivity contribution in [3.8, 4) is 0 Å². The van der Waals surface area contributed by atoms with E-state index in [0.717, 1.165) is 5.56 Å². The number of ether oxygens (including phenoxy) is 2. The van der Waals surface area contributed by atoms with Crippen molar-refractivity contribution in [2.24, 2.45) is 17.3 Å². The summed E-state index contributed by atoms with van der Waals surface area (Å²) in [5.74, 6) is -1.16. The lowest BCUT2D eigenvalue weighted by Crippen LogP contribution is -2.11. The first-order valence-electron chi connectivity index (χ1n) is 7.23. The number of halogens is 3. The van der Waals surface area contributed by atoms with Crippen LogP contribution >= 0.6 is 23.2 Å². The molecule has 1 aliphatic carbocycles. The highest BCUT2D eigenvalue weighted by atomic mass is 35.5. The maximum absolute atomic E-state index is 14.0. The summed E-state index contributed by atoms with van der Waals surface area (Å²) >= 11 is 11.3. The van der Waals surface area contributed by atoms with Crippen molar-refractivity contribution in [1.82, 2.24) is 0 Å². The van der Waals surface area contributed by atoms with Crippen LogP contribution in [-0.4, -0.2) is 13.1 Å². The topological polar surface area (TPSA) is 35.5 Å². The summed E-state index contributed by atoms with van der Waals surface area (Å²) in [7, 11) is 1.54. The lowest BCUT2D eigenvalue weighted by Gasteiger charge is -2.08. The molecule has 126 valence electrons. The smallest absolute Gasteiger partial charge is 0.310 e. The number of hydrogen-bond donors (Lipinski definition) is 0. The van der Waals surface area contributed by atoms with E-state index in [0.29, 0.717) is 12.2 Å². The average molecular weight is 361 g/mol. The fourth-order valence-corrected chi connectivity index (χ4v) is 3.05. The maximum atomic E-state index is 14.0. The summed E-state index contributed by atoms with van der Waals surface area (Å²) in [4.78, 5) is 12.2. The summed E-state index contributed by atoms with van der Waals surface area (Å²) in [6, 6.07) is 4.73. The maximum Gasteiger partial charge on any atom is 0.310 e. The Morgan fingerprint density at radius 1 is 1.35 bits per heavy atom. The van der Waals surface area contributed by atoms with Crippen LogP contribution in [0.3, 0.4) is 0 Å². The number of methoxy groups -OCH3 is 1. The van der Waals surface area contributed by atoms with Crippen LogP contribution in [0.25, 0.3) is 0 Å². The molecule has 6 heteroatoms. The molecule has 1 saturated carbocycles. The third-order valence-corrected chi connectivity index (χ3v) is 4.52. The molecule has 0 radical (unpaired) electrons. The molecule has 23 heavy (non-hydrogen) atoms. The van der Waals surface area contributed by atoms with Crippen molar-refractivity contribution in [3.05, 3.63) is 45.7 Å². The fourth-order valence-electron chi connectivity index (χ4n) is 2.78. The number of rotatable bonds is 6. The van der Waals surface area contributed by atoms with Gasteiger partial charge in [-0.2, -0.15) is 0 Å². The van der Waals surface area contributed by atoms with Gasteiger partial charge in [0.25, 0.3) is 0 Å². The van der Waals surface area contributed by atoms with Crippen molar-refractivity contribution in [1.29, 1.82) is 0 Å². The molecular weight excluding hydrogens is 342 g/mol. The highest BCUT2D eigenvalue weighted by Crippen LogP contribution is 2.60. The van der Waals surface area contributed by atoms with Crippen LogP contribution in [0.4, 0.5) is 4.39 Å². The summed E-state index contributed by atoms with van der Waals surface area (Å²) in [6.45, 7) is 4.11. The van der Waals surface area contributed by atoms with E-state index in [2.05, 4.69) is 0 Å². The SMILES string of the molecule is COCc1ccc(COC(=O)[C@H]2[C@@H](C=C(Cl)Cl)C2(C)C)c(F)c1. The zero-order valence-electron chi connectivity index (χ0n) is 13.2. The highest BCUT2D eigenvalue weighted by molar-refractivity contribution is 6.55. The molecule has 0 aliphatic heterocycles. The van der Waals surface area contributed by atoms with E-state index >= 15 is 0 Å². The Morgan fingerprint density at radius 3 is 2.61 bits per heavy atom. The van der Waals surface area contributed by atoms with Gasteiger partial charge in [0.05, 0.1) is 12.5 Å². The Balaban J connectivity index is 1.96. The minimum Gasteiger partial charge on any atom is -0.460 e. The van der Waals surface area contributed by atoms with Gasteiger partial charge >= 0.3 is 5.97 Å². The first-order chi connectivity index (χ1) is 10.8. The van der Waals surface area contributed by atoms with Crippen LogP contribution in [0.5, 0.6) is 0 Å². The van der Waals surface area contributed by atoms with Gasteiger partial charge in [0, 0.05) is 12.7 Å². The number of esters is 1. The van der Waals surface area contributed by atoms with Gasteiger partial charge in [-0.05, 0) is 29.0 Å². The van der Waals surface area contributed by atoms with E-state index in [1.807, 2.05) is 13.8 Å². The molecule has 1 aromatic rings. The van der Waals surface area contributed by atoms with Crippen LogP contribution in [0.2, 0.25) is 0 Å². The second-order valence-corrected chi connectivity index (χ2v) is 7.26. The summed E-state index contributed by atoms with van der Waals surface area (Å²) in [6.07, 6.45) is 1.65. The molecule has 1 aliphatic rings. The van der Waals surface area contributed by atoms with Gasteiger partial charge in [0.2, 0.25) is 0 Å². The second kappa shape index (κ2) is 7.20. The predicted molar refractivity (Wildman–Crippen MR) is 87.5 cm³/mol. The van der Waals surface area contributed by atoms with Gasteiger partial charge in [-0.1, -0.05) is 49.2 Å². The molecule has 0 heterocycles. The molecular formula is C17H19Cl2FO3. The summed E-state index contributed by atoms with van der Waals surface area (Å²) in [5.41, 5.74) is 0.803. The minimum absolute atomic E-state index is 0.0612. The Labute approximate surface area is 145 Å². The fraction of sp³-hybridized carbons (Fsp3) is 0.471. The molecule has 3 nitrogen and oxygen atoms in total. The van der Waals surface area contributed by atoms with Crippen LogP contribution in [0, 0.1) is 23.1 Å². The van der Waals surface area contributed by atoms with E-state index in [9.17, 15) is 9.18 Å². The lowest BCUT2D eigenvalue weighted by molar-refractivity contribution is -0.147. The molecule has 2 atom stereocenters. The summed E-state index contributed by atoms with van der Waals surface area (Å²) < 4.78 is 24.3. The monoisotopic (exact) mass is 360 g/mol. The standard InChI is InChI=1S/C17H19Cl2FO3/c1-17(2)12(7-14(18)19)15(17)16(21)23-9-11-5-4-10(8-22-3)6-13(11)20/h4-7,12,15H,8-9H2,1-3H3/t12-,15-/m1/s1. The lowest BCUT2D eigenvalue weighted by atomic mass is 10.1. The van der Waals surface area contributed by atoms with Crippen molar-refractivity contribution >= 4 is 29.2 Å². The van der Waals surface area contributed by atoms with Crippen molar-refractivity contribution in [2.45, 2.75) is 27.1 Å².